The van der Waals surface area contributed by atoms with E-state index in [9.17, 15) is 19.8 Å². The molecule has 0 spiro atoms. The summed E-state index contributed by atoms with van der Waals surface area (Å²) in [5.74, 6) is -0.671. The molecule has 0 heterocycles. The smallest absolute Gasteiger partial charge is 0.338 e. The first-order chi connectivity index (χ1) is 24.0. The van der Waals surface area contributed by atoms with E-state index in [1.165, 1.54) is 135 Å². The quantitative estimate of drug-likeness (QED) is 0.0487. The first-order valence-electron chi connectivity index (χ1n) is 20.9. The number of aliphatic hydroxyl groups is 2. The van der Waals surface area contributed by atoms with E-state index in [-0.39, 0.29) is 5.91 Å². The first-order valence-corrected chi connectivity index (χ1v) is 20.9. The summed E-state index contributed by atoms with van der Waals surface area (Å²) in [6.07, 6.45) is 32.6. The molecule has 284 valence electrons. The number of ether oxygens (including phenoxy) is 1. The summed E-state index contributed by atoms with van der Waals surface area (Å²) in [6, 6.07) is 7.90. The van der Waals surface area contributed by atoms with Crippen LogP contribution in [-0.2, 0) is 9.53 Å². The Labute approximate surface area is 302 Å². The maximum Gasteiger partial charge on any atom is 0.338 e. The van der Waals surface area contributed by atoms with E-state index in [4.69, 9.17) is 4.74 Å². The highest BCUT2D eigenvalue weighted by Gasteiger charge is 2.31. The minimum Gasteiger partial charge on any atom is -0.456 e. The lowest BCUT2D eigenvalue weighted by atomic mass is 9.98. The number of rotatable bonds is 35. The Morgan fingerprint density at radius 1 is 0.592 bits per heavy atom. The van der Waals surface area contributed by atoms with Gasteiger partial charge in [-0.05, 0) is 31.4 Å². The lowest BCUT2D eigenvalue weighted by Crippen LogP contribution is -2.51. The normalized spacial score (nSPS) is 13.2. The van der Waals surface area contributed by atoms with Gasteiger partial charge in [0.25, 0.3) is 0 Å². The minimum atomic E-state index is -1.18. The van der Waals surface area contributed by atoms with E-state index >= 15 is 0 Å². The van der Waals surface area contributed by atoms with E-state index < -0.39 is 30.8 Å². The number of benzene rings is 1. The second kappa shape index (κ2) is 33.2. The number of aliphatic hydroxyl groups excluding tert-OH is 2. The molecule has 0 unspecified atom stereocenters. The second-order valence-electron chi connectivity index (χ2n) is 14.5. The molecule has 0 saturated heterocycles. The third-order valence-corrected chi connectivity index (χ3v) is 9.95. The first kappa shape index (κ1) is 45.1. The molecule has 1 amide bonds. The molecular formula is C43H77NO5. The van der Waals surface area contributed by atoms with Gasteiger partial charge in [0.05, 0.1) is 18.2 Å². The van der Waals surface area contributed by atoms with Crippen molar-refractivity contribution >= 4 is 11.9 Å². The van der Waals surface area contributed by atoms with Gasteiger partial charge in [0.15, 0.2) is 0 Å². The molecule has 0 bridgehead atoms. The zero-order valence-corrected chi connectivity index (χ0v) is 32.0. The van der Waals surface area contributed by atoms with Gasteiger partial charge in [-0.2, -0.15) is 0 Å². The van der Waals surface area contributed by atoms with Crippen LogP contribution in [0.2, 0.25) is 0 Å². The largest absolute Gasteiger partial charge is 0.456 e. The van der Waals surface area contributed by atoms with Crippen molar-refractivity contribution in [2.45, 2.75) is 218 Å². The summed E-state index contributed by atoms with van der Waals surface area (Å²) in [5.41, 5.74) is 0.423. The van der Waals surface area contributed by atoms with Crippen LogP contribution in [0.3, 0.4) is 0 Å². The molecule has 0 fully saturated rings. The van der Waals surface area contributed by atoms with Gasteiger partial charge in [0.1, 0.15) is 12.2 Å². The predicted octanol–water partition coefficient (Wildman–Crippen LogP) is 11.4. The van der Waals surface area contributed by atoms with Gasteiger partial charge in [-0.15, -0.1) is 0 Å². The summed E-state index contributed by atoms with van der Waals surface area (Å²) in [4.78, 5) is 25.6. The monoisotopic (exact) mass is 688 g/mol. The fourth-order valence-electron chi connectivity index (χ4n) is 6.70. The molecule has 0 aliphatic heterocycles. The van der Waals surface area contributed by atoms with Gasteiger partial charge in [0, 0.05) is 6.42 Å². The molecule has 49 heavy (non-hydrogen) atoms. The predicted molar refractivity (Wildman–Crippen MR) is 206 cm³/mol. The average Bonchev–Trinajstić information content (AvgIpc) is 3.12. The van der Waals surface area contributed by atoms with Crippen molar-refractivity contribution in [3.05, 3.63) is 35.9 Å². The van der Waals surface area contributed by atoms with Crippen molar-refractivity contribution in [3.8, 4) is 0 Å². The number of nitrogens with one attached hydrogen (secondary N) is 1. The summed E-state index contributed by atoms with van der Waals surface area (Å²) in [5, 5.41) is 24.2. The lowest BCUT2D eigenvalue weighted by Gasteiger charge is -2.29. The molecule has 1 aromatic rings. The summed E-state index contributed by atoms with van der Waals surface area (Å²) < 4.78 is 5.80. The van der Waals surface area contributed by atoms with Crippen LogP contribution in [0.15, 0.2) is 30.3 Å². The third-order valence-electron chi connectivity index (χ3n) is 9.95. The fourth-order valence-corrected chi connectivity index (χ4v) is 6.70. The van der Waals surface area contributed by atoms with Gasteiger partial charge in [-0.25, -0.2) is 4.79 Å². The van der Waals surface area contributed by atoms with Crippen molar-refractivity contribution in [2.24, 2.45) is 0 Å². The van der Waals surface area contributed by atoms with Crippen molar-refractivity contribution in [2.75, 3.05) is 6.61 Å². The number of amides is 1. The molecule has 0 aliphatic carbocycles. The molecule has 1 aromatic carbocycles. The van der Waals surface area contributed by atoms with Crippen LogP contribution in [0.4, 0.5) is 0 Å². The zero-order valence-electron chi connectivity index (χ0n) is 32.0. The Balaban J connectivity index is 2.34. The van der Waals surface area contributed by atoms with Crippen molar-refractivity contribution in [1.29, 1.82) is 0 Å². The minimum absolute atomic E-state index is 0.175. The summed E-state index contributed by atoms with van der Waals surface area (Å²) >= 11 is 0. The van der Waals surface area contributed by atoms with E-state index in [0.717, 1.165) is 38.5 Å². The van der Waals surface area contributed by atoms with Crippen LogP contribution < -0.4 is 5.32 Å². The number of unbranched alkanes of at least 4 members (excludes halogenated alkanes) is 25. The Kier molecular flexibility index (Phi) is 30.6. The molecule has 6 heteroatoms. The highest BCUT2D eigenvalue weighted by Crippen LogP contribution is 2.19. The fraction of sp³-hybridized carbons (Fsp3) is 0.814. The maximum absolute atomic E-state index is 12.9. The second-order valence-corrected chi connectivity index (χ2v) is 14.5. The average molecular weight is 688 g/mol. The van der Waals surface area contributed by atoms with Crippen LogP contribution in [0.1, 0.15) is 210 Å². The van der Waals surface area contributed by atoms with Gasteiger partial charge in [-0.1, -0.05) is 193 Å². The molecule has 3 N–H and O–H groups in total. The van der Waals surface area contributed by atoms with Gasteiger partial charge < -0.3 is 20.3 Å². The van der Waals surface area contributed by atoms with Crippen molar-refractivity contribution in [3.63, 3.8) is 0 Å². The summed E-state index contributed by atoms with van der Waals surface area (Å²) in [6.45, 7) is 4.11. The molecule has 0 saturated carbocycles. The zero-order chi connectivity index (χ0) is 35.6. The van der Waals surface area contributed by atoms with Crippen LogP contribution >= 0.6 is 0 Å². The van der Waals surface area contributed by atoms with Crippen LogP contribution in [0.5, 0.6) is 0 Å². The molecule has 0 aromatic heterocycles. The summed E-state index contributed by atoms with van der Waals surface area (Å²) in [7, 11) is 0. The Hall–Kier alpha value is -1.92. The number of hydrogen-bond donors (Lipinski definition) is 3. The molecule has 6 nitrogen and oxygen atoms in total. The van der Waals surface area contributed by atoms with Crippen LogP contribution in [0.25, 0.3) is 0 Å². The SMILES string of the molecule is CCCCCCCCCCCCCCCCCC(=O)N[C@@H](CO)[C@H](O)[C@@H](CCCCCCCCCCCCCC)OC(=O)c1ccccc1. The molecular weight excluding hydrogens is 610 g/mol. The van der Waals surface area contributed by atoms with Gasteiger partial charge >= 0.3 is 5.97 Å². The highest BCUT2D eigenvalue weighted by atomic mass is 16.6. The Morgan fingerprint density at radius 2 is 0.980 bits per heavy atom. The van der Waals surface area contributed by atoms with E-state index in [2.05, 4.69) is 19.2 Å². The maximum atomic E-state index is 12.9. The molecule has 1 rings (SSSR count). The van der Waals surface area contributed by atoms with Crippen LogP contribution in [0, 0.1) is 0 Å². The topological polar surface area (TPSA) is 95.9 Å². The number of hydrogen-bond acceptors (Lipinski definition) is 5. The standard InChI is InChI=1S/C43H77NO5/c1-3-5-7-9-11-13-15-17-18-19-21-23-25-27-32-36-41(46)44-39(37-45)42(47)40(49-43(48)38-33-29-28-30-34-38)35-31-26-24-22-20-16-14-12-10-8-6-4-2/h28-30,33-34,39-40,42,45,47H,3-27,31-32,35-37H2,1-2H3,(H,44,46)/t39-,40+,42-/m0/s1. The van der Waals surface area contributed by atoms with E-state index in [1.807, 2.05) is 6.07 Å². The lowest BCUT2D eigenvalue weighted by molar-refractivity contribution is -0.124. The Bertz CT molecular complexity index is 878. The van der Waals surface area contributed by atoms with Crippen molar-refractivity contribution < 1.29 is 24.5 Å². The molecule has 0 aliphatic rings. The van der Waals surface area contributed by atoms with Gasteiger partial charge in [0.2, 0.25) is 5.91 Å². The Morgan fingerprint density at radius 3 is 1.39 bits per heavy atom. The highest BCUT2D eigenvalue weighted by molar-refractivity contribution is 5.89. The number of carbonyl (C=O) groups is 2. The van der Waals surface area contributed by atoms with Crippen molar-refractivity contribution in [1.82, 2.24) is 5.32 Å². The van der Waals surface area contributed by atoms with Gasteiger partial charge in [-0.3, -0.25) is 4.79 Å². The third kappa shape index (κ3) is 25.7. The van der Waals surface area contributed by atoms with Crippen LogP contribution in [-0.4, -0.2) is 46.9 Å². The molecule has 3 atom stereocenters. The number of esters is 1. The molecule has 0 radical (unpaired) electrons. The van der Waals surface area contributed by atoms with E-state index in [1.54, 1.807) is 24.3 Å². The van der Waals surface area contributed by atoms with E-state index in [0.29, 0.717) is 18.4 Å². The number of carbonyl (C=O) groups excluding carboxylic acids is 2.